The average molecular weight is 270 g/mol. The van der Waals surface area contributed by atoms with Gasteiger partial charge in [-0.1, -0.05) is 0 Å². The first-order valence-corrected chi connectivity index (χ1v) is 5.95. The van der Waals surface area contributed by atoms with E-state index in [4.69, 9.17) is 19.5 Å². The third kappa shape index (κ3) is 5.96. The minimum atomic E-state index is -0.910. The third-order valence-electron chi connectivity index (χ3n) is 2.91. The van der Waals surface area contributed by atoms with Crippen molar-refractivity contribution in [2.75, 3.05) is 7.11 Å². The summed E-state index contributed by atoms with van der Waals surface area (Å²) in [6.07, 6.45) is 0. The zero-order valence-corrected chi connectivity index (χ0v) is 12.2. The van der Waals surface area contributed by atoms with Gasteiger partial charge in [0.2, 0.25) is 0 Å². The molecule has 0 aliphatic carbocycles. The van der Waals surface area contributed by atoms with E-state index < -0.39 is 18.9 Å². The number of aliphatic hydroxyl groups is 1. The second kappa shape index (κ2) is 7.38. The quantitative estimate of drug-likeness (QED) is 0.707. The van der Waals surface area contributed by atoms with Crippen LogP contribution in [0.25, 0.3) is 0 Å². The molecule has 0 heterocycles. The normalized spacial score (nSPS) is 11.2. The summed E-state index contributed by atoms with van der Waals surface area (Å²) >= 11 is 0. The largest absolute Gasteiger partial charge is 0.497 e. The molecule has 0 aliphatic rings. The molecule has 6 heteroatoms. The van der Waals surface area contributed by atoms with Crippen LogP contribution in [0.3, 0.4) is 0 Å². The third-order valence-corrected chi connectivity index (χ3v) is 2.91. The molecule has 0 atom stereocenters. The molecule has 0 aromatic heterocycles. The lowest BCUT2D eigenvalue weighted by Crippen LogP contribution is -2.49. The van der Waals surface area contributed by atoms with Gasteiger partial charge in [-0.15, -0.1) is 0 Å². The molecule has 0 unspecified atom stereocenters. The van der Waals surface area contributed by atoms with Gasteiger partial charge in [-0.2, -0.15) is 0 Å². The van der Waals surface area contributed by atoms with Crippen molar-refractivity contribution in [3.63, 3.8) is 0 Å². The Morgan fingerprint density at radius 1 is 0.947 bits per heavy atom. The number of hydrogen-bond acceptors (Lipinski definition) is 5. The van der Waals surface area contributed by atoms with Crippen molar-refractivity contribution in [1.29, 1.82) is 0 Å². The maximum Gasteiger partial charge on any atom is 0.432 e. The Hall–Kier alpha value is -1.24. The summed E-state index contributed by atoms with van der Waals surface area (Å²) in [6, 6.07) is 7.31. The first-order chi connectivity index (χ1) is 8.67. The molecule has 0 saturated carbocycles. The SMILES string of the molecule is COc1ccc(OC(C)(C)C(C)(C)O)cc1.OBO. The Morgan fingerprint density at radius 3 is 1.63 bits per heavy atom. The van der Waals surface area contributed by atoms with Gasteiger partial charge in [-0.05, 0) is 52.0 Å². The molecule has 3 N–H and O–H groups in total. The molecule has 0 saturated heterocycles. The van der Waals surface area contributed by atoms with Crippen LogP contribution in [0.5, 0.6) is 11.5 Å². The molecule has 0 bridgehead atoms. The van der Waals surface area contributed by atoms with Crippen LogP contribution in [0.1, 0.15) is 27.7 Å². The van der Waals surface area contributed by atoms with Crippen LogP contribution in [0, 0.1) is 0 Å². The highest BCUT2D eigenvalue weighted by Crippen LogP contribution is 2.28. The molecule has 0 fully saturated rings. The van der Waals surface area contributed by atoms with E-state index in [1.54, 1.807) is 21.0 Å². The van der Waals surface area contributed by atoms with Crippen molar-refractivity contribution in [3.8, 4) is 11.5 Å². The Balaban J connectivity index is 0.000000982. The zero-order chi connectivity index (χ0) is 15.1. The molecule has 1 aromatic rings. The molecule has 108 valence electrons. The molecule has 1 aromatic carbocycles. The van der Waals surface area contributed by atoms with Crippen molar-refractivity contribution in [2.24, 2.45) is 0 Å². The topological polar surface area (TPSA) is 79.2 Å². The highest BCUT2D eigenvalue weighted by Gasteiger charge is 2.37. The lowest BCUT2D eigenvalue weighted by molar-refractivity contribution is -0.0906. The summed E-state index contributed by atoms with van der Waals surface area (Å²) in [7, 11) is 0.872. The molecule has 0 radical (unpaired) electrons. The van der Waals surface area contributed by atoms with Gasteiger partial charge in [0.05, 0.1) is 12.7 Å². The molecule has 1 rings (SSSR count). The van der Waals surface area contributed by atoms with Gasteiger partial charge < -0.3 is 24.6 Å². The van der Waals surface area contributed by atoms with E-state index in [1.807, 2.05) is 38.1 Å². The van der Waals surface area contributed by atoms with E-state index in [0.29, 0.717) is 5.75 Å². The van der Waals surface area contributed by atoms with Crippen LogP contribution in [0.15, 0.2) is 24.3 Å². The van der Waals surface area contributed by atoms with Crippen LogP contribution < -0.4 is 9.47 Å². The molecule has 19 heavy (non-hydrogen) atoms. The first kappa shape index (κ1) is 17.8. The van der Waals surface area contributed by atoms with Gasteiger partial charge in [0, 0.05) is 0 Å². The maximum atomic E-state index is 9.96. The zero-order valence-electron chi connectivity index (χ0n) is 12.2. The van der Waals surface area contributed by atoms with E-state index in [0.717, 1.165) is 5.75 Å². The predicted octanol–water partition coefficient (Wildman–Crippen LogP) is 0.861. The number of benzene rings is 1. The molecular weight excluding hydrogens is 247 g/mol. The van der Waals surface area contributed by atoms with Crippen molar-refractivity contribution in [2.45, 2.75) is 38.9 Å². The van der Waals surface area contributed by atoms with Crippen molar-refractivity contribution >= 4 is 7.69 Å². The summed E-state index contributed by atoms with van der Waals surface area (Å²) in [6.45, 7) is 7.18. The number of ether oxygens (including phenoxy) is 2. The molecule has 5 nitrogen and oxygen atoms in total. The predicted molar refractivity (Wildman–Crippen MR) is 75.6 cm³/mol. The van der Waals surface area contributed by atoms with E-state index in [2.05, 4.69) is 0 Å². The lowest BCUT2D eigenvalue weighted by atomic mass is 9.89. The average Bonchev–Trinajstić information content (AvgIpc) is 2.29. The van der Waals surface area contributed by atoms with Crippen LogP contribution in [-0.4, -0.2) is 41.2 Å². The Morgan fingerprint density at radius 2 is 1.32 bits per heavy atom. The molecule has 0 aliphatic heterocycles. The van der Waals surface area contributed by atoms with E-state index in [9.17, 15) is 5.11 Å². The van der Waals surface area contributed by atoms with Gasteiger partial charge in [-0.3, -0.25) is 0 Å². The van der Waals surface area contributed by atoms with E-state index >= 15 is 0 Å². The smallest absolute Gasteiger partial charge is 0.432 e. The minimum Gasteiger partial charge on any atom is -0.497 e. The van der Waals surface area contributed by atoms with Gasteiger partial charge in [-0.25, -0.2) is 0 Å². The Bertz CT molecular complexity index is 356. The van der Waals surface area contributed by atoms with Gasteiger partial charge >= 0.3 is 7.69 Å². The van der Waals surface area contributed by atoms with Gasteiger partial charge in [0.15, 0.2) is 0 Å². The summed E-state index contributed by atoms with van der Waals surface area (Å²) < 4.78 is 10.8. The summed E-state index contributed by atoms with van der Waals surface area (Å²) in [5, 5.41) is 24.2. The van der Waals surface area contributed by atoms with Crippen molar-refractivity contribution in [1.82, 2.24) is 0 Å². The molecule has 0 spiro atoms. The van der Waals surface area contributed by atoms with E-state index in [1.165, 1.54) is 0 Å². The van der Waals surface area contributed by atoms with Crippen molar-refractivity contribution in [3.05, 3.63) is 24.3 Å². The van der Waals surface area contributed by atoms with Gasteiger partial charge in [0.1, 0.15) is 17.1 Å². The second-order valence-corrected chi connectivity index (χ2v) is 4.99. The van der Waals surface area contributed by atoms with Crippen LogP contribution in [0.2, 0.25) is 0 Å². The number of hydrogen-bond donors (Lipinski definition) is 3. The van der Waals surface area contributed by atoms with E-state index in [-0.39, 0.29) is 0 Å². The molecular formula is C13H23BO5. The van der Waals surface area contributed by atoms with Crippen LogP contribution in [-0.2, 0) is 0 Å². The Labute approximate surface area is 115 Å². The van der Waals surface area contributed by atoms with Crippen LogP contribution in [0.4, 0.5) is 0 Å². The van der Waals surface area contributed by atoms with Crippen LogP contribution >= 0.6 is 0 Å². The molecule has 0 amide bonds. The monoisotopic (exact) mass is 270 g/mol. The minimum absolute atomic E-state index is 0.651. The fraction of sp³-hybridized carbons (Fsp3) is 0.538. The maximum absolute atomic E-state index is 9.96. The van der Waals surface area contributed by atoms with Crippen molar-refractivity contribution < 1.29 is 24.6 Å². The fourth-order valence-electron chi connectivity index (χ4n) is 1.06. The summed E-state index contributed by atoms with van der Waals surface area (Å²) in [4.78, 5) is 0. The first-order valence-electron chi connectivity index (χ1n) is 5.95. The van der Waals surface area contributed by atoms with Gasteiger partial charge in [0.25, 0.3) is 0 Å². The standard InChI is InChI=1S/C13H20O3.BH3O2/c1-12(2,14)13(3,4)16-11-8-6-10(15-5)7-9-11;2-1-3/h6-9,14H,1-5H3;1-3H. The number of methoxy groups -OCH3 is 1. The summed E-state index contributed by atoms with van der Waals surface area (Å²) in [5.41, 5.74) is -1.56. The highest BCUT2D eigenvalue weighted by molar-refractivity contribution is 6.13. The highest BCUT2D eigenvalue weighted by atomic mass is 16.5. The Kier molecular flexibility index (Phi) is 6.90. The second-order valence-electron chi connectivity index (χ2n) is 4.99. The summed E-state index contributed by atoms with van der Waals surface area (Å²) in [5.74, 6) is 1.50. The lowest BCUT2D eigenvalue weighted by Gasteiger charge is -2.37. The fourth-order valence-corrected chi connectivity index (χ4v) is 1.06. The number of rotatable bonds is 4.